The summed E-state index contributed by atoms with van der Waals surface area (Å²) in [7, 11) is 0. The van der Waals surface area contributed by atoms with E-state index in [4.69, 9.17) is 9.26 Å². The molecule has 0 radical (unpaired) electrons. The van der Waals surface area contributed by atoms with E-state index in [9.17, 15) is 4.79 Å². The summed E-state index contributed by atoms with van der Waals surface area (Å²) in [4.78, 5) is 18.4. The molecule has 2 heterocycles. The summed E-state index contributed by atoms with van der Waals surface area (Å²) in [5.74, 6) is 2.44. The molecule has 1 saturated heterocycles. The van der Waals surface area contributed by atoms with Crippen LogP contribution in [0.25, 0.3) is 0 Å². The maximum atomic E-state index is 12.4. The maximum Gasteiger partial charge on any atom is 0.232 e. The van der Waals surface area contributed by atoms with Crippen LogP contribution in [0.3, 0.4) is 0 Å². The SMILES string of the molecule is Cc1ccc(CSCC(=O)N2CCOC(c3noc(C)n3)C2)cc1. The van der Waals surface area contributed by atoms with Crippen molar-refractivity contribution in [3.63, 3.8) is 0 Å². The first kappa shape index (κ1) is 17.0. The van der Waals surface area contributed by atoms with Crippen LogP contribution in [0.2, 0.25) is 0 Å². The molecule has 1 aliphatic heterocycles. The first-order valence-electron chi connectivity index (χ1n) is 7.94. The Morgan fingerprint density at radius 2 is 2.12 bits per heavy atom. The largest absolute Gasteiger partial charge is 0.366 e. The van der Waals surface area contributed by atoms with Gasteiger partial charge in [-0.2, -0.15) is 4.98 Å². The van der Waals surface area contributed by atoms with Crippen LogP contribution in [-0.4, -0.2) is 46.4 Å². The highest BCUT2D eigenvalue weighted by Gasteiger charge is 2.28. The average Bonchev–Trinajstić information content (AvgIpc) is 3.03. The van der Waals surface area contributed by atoms with Gasteiger partial charge in [0.2, 0.25) is 17.6 Å². The Morgan fingerprint density at radius 1 is 1.33 bits per heavy atom. The average molecular weight is 347 g/mol. The normalized spacial score (nSPS) is 17.9. The molecule has 128 valence electrons. The fourth-order valence-corrected chi connectivity index (χ4v) is 3.40. The Kier molecular flexibility index (Phi) is 5.52. The van der Waals surface area contributed by atoms with Crippen LogP contribution in [0.1, 0.15) is 28.9 Å². The lowest BCUT2D eigenvalue weighted by atomic mass is 10.2. The van der Waals surface area contributed by atoms with Crippen molar-refractivity contribution in [1.82, 2.24) is 15.0 Å². The highest BCUT2D eigenvalue weighted by Crippen LogP contribution is 2.21. The minimum Gasteiger partial charge on any atom is -0.366 e. The number of hydrogen-bond acceptors (Lipinski definition) is 6. The Hall–Kier alpha value is -1.86. The molecule has 6 nitrogen and oxygen atoms in total. The third kappa shape index (κ3) is 4.36. The highest BCUT2D eigenvalue weighted by molar-refractivity contribution is 7.99. The monoisotopic (exact) mass is 347 g/mol. The molecule has 1 unspecified atom stereocenters. The fourth-order valence-electron chi connectivity index (χ4n) is 2.51. The van der Waals surface area contributed by atoms with Gasteiger partial charge in [0.25, 0.3) is 0 Å². The van der Waals surface area contributed by atoms with Gasteiger partial charge in [-0.05, 0) is 12.5 Å². The van der Waals surface area contributed by atoms with Crippen molar-refractivity contribution in [2.75, 3.05) is 25.4 Å². The molecule has 1 aromatic heterocycles. The smallest absolute Gasteiger partial charge is 0.232 e. The van der Waals surface area contributed by atoms with Gasteiger partial charge in [0.15, 0.2) is 0 Å². The molecule has 24 heavy (non-hydrogen) atoms. The number of aryl methyl sites for hydroxylation is 2. The summed E-state index contributed by atoms with van der Waals surface area (Å²) in [6, 6.07) is 8.40. The van der Waals surface area contributed by atoms with Crippen molar-refractivity contribution < 1.29 is 14.1 Å². The number of amides is 1. The number of ether oxygens (including phenoxy) is 1. The minimum absolute atomic E-state index is 0.126. The molecule has 0 bridgehead atoms. The van der Waals surface area contributed by atoms with Gasteiger partial charge in [-0.15, -0.1) is 11.8 Å². The van der Waals surface area contributed by atoms with Gasteiger partial charge in [-0.3, -0.25) is 4.79 Å². The van der Waals surface area contributed by atoms with Crippen LogP contribution in [0.4, 0.5) is 0 Å². The van der Waals surface area contributed by atoms with Gasteiger partial charge in [0.1, 0.15) is 6.10 Å². The van der Waals surface area contributed by atoms with E-state index in [1.165, 1.54) is 11.1 Å². The first-order chi connectivity index (χ1) is 11.6. The molecule has 2 aromatic rings. The molecular formula is C17H21N3O3S. The van der Waals surface area contributed by atoms with Crippen LogP contribution in [0.15, 0.2) is 28.8 Å². The minimum atomic E-state index is -0.303. The molecule has 1 aliphatic rings. The zero-order valence-corrected chi connectivity index (χ0v) is 14.7. The molecule has 1 aromatic carbocycles. The number of aromatic nitrogens is 2. The Morgan fingerprint density at radius 3 is 2.83 bits per heavy atom. The zero-order valence-electron chi connectivity index (χ0n) is 13.9. The van der Waals surface area contributed by atoms with Gasteiger partial charge in [0.05, 0.1) is 18.9 Å². The summed E-state index contributed by atoms with van der Waals surface area (Å²) in [5, 5.41) is 3.89. The lowest BCUT2D eigenvalue weighted by Crippen LogP contribution is -2.43. The van der Waals surface area contributed by atoms with E-state index < -0.39 is 0 Å². The number of nitrogens with zero attached hydrogens (tertiary/aromatic N) is 3. The van der Waals surface area contributed by atoms with Crippen molar-refractivity contribution in [2.24, 2.45) is 0 Å². The van der Waals surface area contributed by atoms with Crippen molar-refractivity contribution in [3.8, 4) is 0 Å². The molecule has 0 aliphatic carbocycles. The lowest BCUT2D eigenvalue weighted by Gasteiger charge is -2.31. The van der Waals surface area contributed by atoms with E-state index in [-0.39, 0.29) is 12.0 Å². The number of hydrogen-bond donors (Lipinski definition) is 0. The van der Waals surface area contributed by atoms with Gasteiger partial charge < -0.3 is 14.2 Å². The molecule has 0 N–H and O–H groups in total. The maximum absolute atomic E-state index is 12.4. The second kappa shape index (κ2) is 7.81. The Labute approximate surface area is 145 Å². The van der Waals surface area contributed by atoms with Gasteiger partial charge in [-0.1, -0.05) is 35.0 Å². The van der Waals surface area contributed by atoms with Crippen LogP contribution < -0.4 is 0 Å². The first-order valence-corrected chi connectivity index (χ1v) is 9.10. The predicted octanol–water partition coefficient (Wildman–Crippen LogP) is 2.52. The van der Waals surface area contributed by atoms with Gasteiger partial charge >= 0.3 is 0 Å². The molecular weight excluding hydrogens is 326 g/mol. The van der Waals surface area contributed by atoms with Crippen molar-refractivity contribution in [3.05, 3.63) is 47.1 Å². The standard InChI is InChI=1S/C17H21N3O3S/c1-12-3-5-14(6-4-12)10-24-11-16(21)20-7-8-22-15(9-20)17-18-13(2)23-19-17/h3-6,15H,7-11H2,1-2H3. The summed E-state index contributed by atoms with van der Waals surface area (Å²) < 4.78 is 10.6. The van der Waals surface area contributed by atoms with E-state index in [1.54, 1.807) is 18.7 Å². The Balaban J connectivity index is 1.48. The van der Waals surface area contributed by atoms with Crippen molar-refractivity contribution in [1.29, 1.82) is 0 Å². The number of thioether (sulfide) groups is 1. The van der Waals surface area contributed by atoms with Crippen LogP contribution in [-0.2, 0) is 15.3 Å². The van der Waals surface area contributed by atoms with E-state index >= 15 is 0 Å². The molecule has 0 saturated carbocycles. The van der Waals surface area contributed by atoms with Crippen molar-refractivity contribution in [2.45, 2.75) is 25.7 Å². The van der Waals surface area contributed by atoms with Crippen LogP contribution >= 0.6 is 11.8 Å². The van der Waals surface area contributed by atoms with E-state index in [0.29, 0.717) is 37.2 Å². The van der Waals surface area contributed by atoms with Crippen LogP contribution in [0.5, 0.6) is 0 Å². The molecule has 7 heteroatoms. The summed E-state index contributed by atoms with van der Waals surface area (Å²) >= 11 is 1.63. The summed E-state index contributed by atoms with van der Waals surface area (Å²) in [5.41, 5.74) is 2.48. The fraction of sp³-hybridized carbons (Fsp3) is 0.471. The van der Waals surface area contributed by atoms with E-state index in [2.05, 4.69) is 41.3 Å². The third-order valence-corrected chi connectivity index (χ3v) is 4.85. The predicted molar refractivity (Wildman–Crippen MR) is 91.6 cm³/mol. The quantitative estimate of drug-likeness (QED) is 0.828. The highest BCUT2D eigenvalue weighted by atomic mass is 32.2. The molecule has 1 fully saturated rings. The van der Waals surface area contributed by atoms with Gasteiger partial charge in [0, 0.05) is 19.2 Å². The van der Waals surface area contributed by atoms with Gasteiger partial charge in [-0.25, -0.2) is 0 Å². The van der Waals surface area contributed by atoms with E-state index in [0.717, 1.165) is 5.75 Å². The topological polar surface area (TPSA) is 68.5 Å². The number of carbonyl (C=O) groups is 1. The van der Waals surface area contributed by atoms with Crippen molar-refractivity contribution >= 4 is 17.7 Å². The van der Waals surface area contributed by atoms with E-state index in [1.807, 2.05) is 4.90 Å². The zero-order chi connectivity index (χ0) is 16.9. The number of carbonyl (C=O) groups excluding carboxylic acids is 1. The number of rotatable bonds is 5. The number of morpholine rings is 1. The third-order valence-electron chi connectivity index (χ3n) is 3.87. The summed E-state index contributed by atoms with van der Waals surface area (Å²) in [6.45, 7) is 5.39. The molecule has 0 spiro atoms. The molecule has 3 rings (SSSR count). The second-order valence-electron chi connectivity index (χ2n) is 5.85. The second-order valence-corrected chi connectivity index (χ2v) is 6.83. The summed E-state index contributed by atoms with van der Waals surface area (Å²) in [6.07, 6.45) is -0.303. The Bertz CT molecular complexity index is 687. The molecule has 1 atom stereocenters. The number of benzene rings is 1. The molecule has 1 amide bonds. The lowest BCUT2D eigenvalue weighted by molar-refractivity contribution is -0.136. The van der Waals surface area contributed by atoms with Crippen LogP contribution in [0, 0.1) is 13.8 Å².